The molecule has 0 saturated heterocycles. The fourth-order valence-corrected chi connectivity index (χ4v) is 4.48. The van der Waals surface area contributed by atoms with Gasteiger partial charge in [-0.25, -0.2) is 0 Å². The Kier molecular flexibility index (Phi) is 6.02. The zero-order valence-electron chi connectivity index (χ0n) is 20.0. The molecule has 0 bridgehead atoms. The number of fused-ring (bicyclic) bond motifs is 3. The standard InChI is InChI=1S/C28H25N3O6/c32-27(30-21-6-7-23-25(14-21)36-9-8-34-23)17-31-22-15-26-24(35-10-11-37-26)13-18(22)12-19(28(31)33)16-29-20-4-2-1-3-5-20/h1-7,12-15,29H,8-11,16-17H2,(H,30,32). The summed E-state index contributed by atoms with van der Waals surface area (Å²) in [6.07, 6.45) is 0. The number of hydrogen-bond donors (Lipinski definition) is 2. The maximum absolute atomic E-state index is 13.6. The number of nitrogens with zero attached hydrogens (tertiary/aromatic N) is 1. The molecule has 2 N–H and O–H groups in total. The van der Waals surface area contributed by atoms with E-state index in [1.54, 1.807) is 24.3 Å². The highest BCUT2D eigenvalue weighted by Crippen LogP contribution is 2.35. The van der Waals surface area contributed by atoms with E-state index in [4.69, 9.17) is 18.9 Å². The van der Waals surface area contributed by atoms with Crippen LogP contribution in [0.15, 0.2) is 71.5 Å². The van der Waals surface area contributed by atoms with Crippen LogP contribution in [0.4, 0.5) is 11.4 Å². The van der Waals surface area contributed by atoms with Crippen LogP contribution in [0.5, 0.6) is 23.0 Å². The lowest BCUT2D eigenvalue weighted by molar-refractivity contribution is -0.116. The second kappa shape index (κ2) is 9.77. The average Bonchev–Trinajstić information content (AvgIpc) is 2.93. The summed E-state index contributed by atoms with van der Waals surface area (Å²) < 4.78 is 24.1. The summed E-state index contributed by atoms with van der Waals surface area (Å²) in [5.41, 5.74) is 2.31. The fraction of sp³-hybridized carbons (Fsp3) is 0.214. The number of hydrogen-bond acceptors (Lipinski definition) is 7. The van der Waals surface area contributed by atoms with Gasteiger partial charge in [0.1, 0.15) is 33.0 Å². The van der Waals surface area contributed by atoms with Crippen LogP contribution in [-0.2, 0) is 17.9 Å². The van der Waals surface area contributed by atoms with Crippen LogP contribution in [0, 0.1) is 0 Å². The summed E-state index contributed by atoms with van der Waals surface area (Å²) in [5.74, 6) is 2.03. The molecular weight excluding hydrogens is 474 g/mol. The molecule has 6 rings (SSSR count). The maximum atomic E-state index is 13.6. The average molecular weight is 500 g/mol. The molecule has 9 heteroatoms. The molecule has 2 aliphatic heterocycles. The first-order chi connectivity index (χ1) is 18.1. The van der Waals surface area contributed by atoms with Crippen molar-refractivity contribution in [3.8, 4) is 23.0 Å². The smallest absolute Gasteiger partial charge is 0.256 e. The normalized spacial score (nSPS) is 13.7. The molecule has 0 saturated carbocycles. The van der Waals surface area contributed by atoms with Crippen LogP contribution in [0.25, 0.3) is 10.9 Å². The third-order valence-electron chi connectivity index (χ3n) is 6.22. The van der Waals surface area contributed by atoms with Crippen LogP contribution in [0.1, 0.15) is 5.56 Å². The van der Waals surface area contributed by atoms with E-state index in [0.29, 0.717) is 72.7 Å². The van der Waals surface area contributed by atoms with Crippen molar-refractivity contribution in [1.29, 1.82) is 0 Å². The van der Waals surface area contributed by atoms with Crippen molar-refractivity contribution >= 4 is 28.2 Å². The highest BCUT2D eigenvalue weighted by atomic mass is 16.6. The van der Waals surface area contributed by atoms with Crippen molar-refractivity contribution < 1.29 is 23.7 Å². The van der Waals surface area contributed by atoms with Crippen LogP contribution < -0.4 is 35.1 Å². The lowest BCUT2D eigenvalue weighted by atomic mass is 10.1. The summed E-state index contributed by atoms with van der Waals surface area (Å²) in [6.45, 7) is 1.94. The molecule has 4 aromatic rings. The summed E-state index contributed by atoms with van der Waals surface area (Å²) in [4.78, 5) is 26.7. The van der Waals surface area contributed by atoms with E-state index in [1.165, 1.54) is 4.57 Å². The van der Waals surface area contributed by atoms with E-state index in [2.05, 4.69) is 10.6 Å². The molecule has 0 radical (unpaired) electrons. The van der Waals surface area contributed by atoms with Gasteiger partial charge < -0.3 is 29.6 Å². The molecule has 0 fully saturated rings. The van der Waals surface area contributed by atoms with Gasteiger partial charge in [0.25, 0.3) is 5.56 Å². The highest BCUT2D eigenvalue weighted by Gasteiger charge is 2.19. The number of anilines is 2. The van der Waals surface area contributed by atoms with E-state index in [9.17, 15) is 9.59 Å². The Bertz CT molecular complexity index is 1530. The molecule has 37 heavy (non-hydrogen) atoms. The van der Waals surface area contributed by atoms with Gasteiger partial charge in [-0.2, -0.15) is 0 Å². The van der Waals surface area contributed by atoms with Crippen molar-refractivity contribution in [2.24, 2.45) is 0 Å². The summed E-state index contributed by atoms with van der Waals surface area (Å²) >= 11 is 0. The minimum absolute atomic E-state index is 0.178. The number of amides is 1. The van der Waals surface area contributed by atoms with Gasteiger partial charge >= 0.3 is 0 Å². The molecule has 0 unspecified atom stereocenters. The molecule has 3 aromatic carbocycles. The number of benzene rings is 3. The van der Waals surface area contributed by atoms with Crippen molar-refractivity contribution in [3.05, 3.63) is 82.6 Å². The minimum atomic E-state index is -0.344. The molecule has 3 heterocycles. The molecule has 0 spiro atoms. The van der Waals surface area contributed by atoms with Gasteiger partial charge in [-0.1, -0.05) is 18.2 Å². The molecule has 2 aliphatic rings. The van der Waals surface area contributed by atoms with Gasteiger partial charge in [0.15, 0.2) is 23.0 Å². The molecule has 0 atom stereocenters. The maximum Gasteiger partial charge on any atom is 0.256 e. The molecular formula is C28H25N3O6. The zero-order chi connectivity index (χ0) is 25.2. The molecule has 9 nitrogen and oxygen atoms in total. The van der Waals surface area contributed by atoms with E-state index >= 15 is 0 Å². The third-order valence-corrected chi connectivity index (χ3v) is 6.22. The Labute approximate surface area is 212 Å². The predicted molar refractivity (Wildman–Crippen MR) is 139 cm³/mol. The van der Waals surface area contributed by atoms with Crippen LogP contribution in [0.3, 0.4) is 0 Å². The third kappa shape index (κ3) is 4.75. The van der Waals surface area contributed by atoms with E-state index in [-0.39, 0.29) is 18.0 Å². The van der Waals surface area contributed by atoms with Crippen molar-refractivity contribution in [3.63, 3.8) is 0 Å². The number of ether oxygens (including phenoxy) is 4. The Morgan fingerprint density at radius 3 is 2.19 bits per heavy atom. The molecule has 188 valence electrons. The van der Waals surface area contributed by atoms with Gasteiger partial charge in [0.05, 0.1) is 5.52 Å². The largest absolute Gasteiger partial charge is 0.486 e. The number of carbonyl (C=O) groups excluding carboxylic acids is 1. The van der Waals surface area contributed by atoms with Crippen molar-refractivity contribution in [2.45, 2.75) is 13.1 Å². The van der Waals surface area contributed by atoms with Gasteiger partial charge in [-0.05, 0) is 36.4 Å². The van der Waals surface area contributed by atoms with Crippen LogP contribution in [-0.4, -0.2) is 36.9 Å². The predicted octanol–water partition coefficient (Wildman–Crippen LogP) is 3.79. The quantitative estimate of drug-likeness (QED) is 0.416. The minimum Gasteiger partial charge on any atom is -0.486 e. The van der Waals surface area contributed by atoms with E-state index in [1.807, 2.05) is 42.5 Å². The Morgan fingerprint density at radius 2 is 1.43 bits per heavy atom. The van der Waals surface area contributed by atoms with Gasteiger partial charge in [-0.15, -0.1) is 0 Å². The first-order valence-electron chi connectivity index (χ1n) is 12.1. The van der Waals surface area contributed by atoms with Crippen LogP contribution >= 0.6 is 0 Å². The second-order valence-corrected chi connectivity index (χ2v) is 8.74. The first kappa shape index (κ1) is 22.8. The summed E-state index contributed by atoms with van der Waals surface area (Å²) in [7, 11) is 0. The molecule has 1 amide bonds. The number of rotatable bonds is 6. The SMILES string of the molecule is O=C(Cn1c(=O)c(CNc2ccccc2)cc2cc3c(cc21)OCCO3)Nc1ccc2c(c1)OCCO2. The molecule has 1 aromatic heterocycles. The van der Waals surface area contributed by atoms with Crippen molar-refractivity contribution in [2.75, 3.05) is 37.1 Å². The Morgan fingerprint density at radius 1 is 0.757 bits per heavy atom. The van der Waals surface area contributed by atoms with Gasteiger partial charge in [-0.3, -0.25) is 14.2 Å². The number of carbonyl (C=O) groups is 1. The first-order valence-corrected chi connectivity index (χ1v) is 12.1. The van der Waals surface area contributed by atoms with E-state index < -0.39 is 0 Å². The van der Waals surface area contributed by atoms with Crippen molar-refractivity contribution in [1.82, 2.24) is 4.57 Å². The molecule has 0 aliphatic carbocycles. The highest BCUT2D eigenvalue weighted by molar-refractivity contribution is 5.92. The Hall–Kier alpha value is -4.66. The second-order valence-electron chi connectivity index (χ2n) is 8.74. The lowest BCUT2D eigenvalue weighted by Gasteiger charge is -2.21. The van der Waals surface area contributed by atoms with E-state index in [0.717, 1.165) is 11.1 Å². The number of nitrogens with one attached hydrogen (secondary N) is 2. The summed E-state index contributed by atoms with van der Waals surface area (Å²) in [5, 5.41) is 6.93. The fourth-order valence-electron chi connectivity index (χ4n) is 4.48. The van der Waals surface area contributed by atoms with Gasteiger partial charge in [0.2, 0.25) is 5.91 Å². The van der Waals surface area contributed by atoms with Gasteiger partial charge in [0, 0.05) is 41.0 Å². The Balaban J connectivity index is 1.33. The number of para-hydroxylation sites is 1. The van der Waals surface area contributed by atoms with Crippen LogP contribution in [0.2, 0.25) is 0 Å². The lowest BCUT2D eigenvalue weighted by Crippen LogP contribution is -2.31. The monoisotopic (exact) mass is 499 g/mol. The zero-order valence-corrected chi connectivity index (χ0v) is 20.0. The summed E-state index contributed by atoms with van der Waals surface area (Å²) in [6, 6.07) is 20.3. The number of pyridine rings is 1. The number of aromatic nitrogens is 1. The topological polar surface area (TPSA) is 100 Å².